The Morgan fingerprint density at radius 2 is 1.93 bits per heavy atom. The summed E-state index contributed by atoms with van der Waals surface area (Å²) in [6.45, 7) is 0. The Morgan fingerprint density at radius 3 is 2.54 bits per heavy atom. The van der Waals surface area contributed by atoms with Crippen molar-refractivity contribution in [1.82, 2.24) is 4.90 Å². The molecule has 148 valence electrons. The number of hydrogen-bond acceptors (Lipinski definition) is 3. The number of halogens is 3. The van der Waals surface area contributed by atoms with Crippen LogP contribution in [0.25, 0.3) is 0 Å². The zero-order chi connectivity index (χ0) is 19.3. The standard InChI is InChI=1S/C17H17BrClN3O3S.ClH.K.H/c1-22(2)11-20-26(24,25)16-10-13(7-8-14(16)18)21-17(23)9-12-5-3-4-6-15(12)19;;;/h3-8,10-11H,9H2,1-2H3,(H,21,23);1H;;/q;;+1;-1. The van der Waals surface area contributed by atoms with Crippen LogP contribution in [-0.2, 0) is 21.2 Å². The van der Waals surface area contributed by atoms with Crippen molar-refractivity contribution >= 4 is 67.9 Å². The number of nitrogens with zero attached hydrogens (tertiary/aromatic N) is 2. The first kappa shape index (κ1) is 28.0. The molecule has 6 nitrogen and oxygen atoms in total. The van der Waals surface area contributed by atoms with E-state index in [1.807, 2.05) is 0 Å². The van der Waals surface area contributed by atoms with Gasteiger partial charge in [-0.1, -0.05) is 29.8 Å². The Hall–Kier alpha value is 0.0264. The van der Waals surface area contributed by atoms with E-state index in [-0.39, 0.29) is 82.4 Å². The number of carbonyl (C=O) groups is 1. The minimum atomic E-state index is -3.90. The Bertz CT molecular complexity index is 963. The maximum absolute atomic E-state index is 12.3. The first-order valence-corrected chi connectivity index (χ1v) is 10.1. The average molecular weight is 535 g/mol. The Kier molecular flexibility index (Phi) is 12.7. The van der Waals surface area contributed by atoms with E-state index in [0.717, 1.165) is 0 Å². The second-order valence-electron chi connectivity index (χ2n) is 5.62. The van der Waals surface area contributed by atoms with Crippen molar-refractivity contribution < 1.29 is 66.0 Å². The summed E-state index contributed by atoms with van der Waals surface area (Å²) in [5.74, 6) is -0.305. The normalized spacial score (nSPS) is 10.7. The van der Waals surface area contributed by atoms with Gasteiger partial charge in [0.05, 0.1) is 6.42 Å². The van der Waals surface area contributed by atoms with E-state index in [2.05, 4.69) is 25.6 Å². The molecule has 0 bridgehead atoms. The summed E-state index contributed by atoms with van der Waals surface area (Å²) in [6.07, 6.45) is 1.28. The summed E-state index contributed by atoms with van der Waals surface area (Å²) in [7, 11) is -0.569. The van der Waals surface area contributed by atoms with Gasteiger partial charge < -0.3 is 11.6 Å². The third kappa shape index (κ3) is 8.41. The molecule has 0 heterocycles. The van der Waals surface area contributed by atoms with Crippen LogP contribution in [0.1, 0.15) is 6.99 Å². The van der Waals surface area contributed by atoms with Crippen LogP contribution in [-0.4, -0.2) is 39.7 Å². The van der Waals surface area contributed by atoms with Crippen LogP contribution in [0.15, 0.2) is 56.2 Å². The topological polar surface area (TPSA) is 78.8 Å². The molecule has 0 aliphatic rings. The minimum absolute atomic E-state index is 0. The monoisotopic (exact) mass is 533 g/mol. The second-order valence-corrected chi connectivity index (χ2v) is 8.48. The zero-order valence-electron chi connectivity index (χ0n) is 16.5. The molecular weight excluding hydrogens is 516 g/mol. The van der Waals surface area contributed by atoms with Gasteiger partial charge >= 0.3 is 51.4 Å². The van der Waals surface area contributed by atoms with Gasteiger partial charge in [0.15, 0.2) is 0 Å². The second kappa shape index (κ2) is 12.7. The molecule has 0 unspecified atom stereocenters. The van der Waals surface area contributed by atoms with E-state index in [4.69, 9.17) is 11.6 Å². The molecule has 2 rings (SSSR count). The molecule has 0 radical (unpaired) electrons. The molecule has 0 aliphatic heterocycles. The van der Waals surface area contributed by atoms with Gasteiger partial charge in [0.1, 0.15) is 11.2 Å². The van der Waals surface area contributed by atoms with Gasteiger partial charge in [-0.25, -0.2) is 0 Å². The van der Waals surface area contributed by atoms with Crippen LogP contribution in [0.3, 0.4) is 0 Å². The Labute approximate surface area is 228 Å². The molecule has 0 spiro atoms. The van der Waals surface area contributed by atoms with Crippen molar-refractivity contribution in [2.24, 2.45) is 4.40 Å². The van der Waals surface area contributed by atoms with Gasteiger partial charge in [-0.3, -0.25) is 4.79 Å². The summed E-state index contributed by atoms with van der Waals surface area (Å²) in [4.78, 5) is 13.7. The molecule has 0 fully saturated rings. The van der Waals surface area contributed by atoms with Gasteiger partial charge in [0.2, 0.25) is 5.91 Å². The minimum Gasteiger partial charge on any atom is -1.00 e. The fourth-order valence-electron chi connectivity index (χ4n) is 2.01. The summed E-state index contributed by atoms with van der Waals surface area (Å²) in [5, 5.41) is 3.18. The van der Waals surface area contributed by atoms with Crippen molar-refractivity contribution in [1.29, 1.82) is 0 Å². The zero-order valence-corrected chi connectivity index (χ0v) is 22.6. The van der Waals surface area contributed by atoms with Crippen LogP contribution in [0.2, 0.25) is 5.02 Å². The number of nitrogens with one attached hydrogen (secondary N) is 1. The number of carbonyl (C=O) groups excluding carboxylic acids is 1. The molecule has 1 N–H and O–H groups in total. The first-order chi connectivity index (χ1) is 12.2. The van der Waals surface area contributed by atoms with Gasteiger partial charge in [-0.2, -0.15) is 8.42 Å². The van der Waals surface area contributed by atoms with Gasteiger partial charge in [-0.15, -0.1) is 16.8 Å². The molecular formula is C17H19BrCl2KN3O3S. The van der Waals surface area contributed by atoms with Crippen molar-refractivity contribution in [3.8, 4) is 0 Å². The number of anilines is 1. The number of sulfonamides is 1. The summed E-state index contributed by atoms with van der Waals surface area (Å²) in [5.41, 5.74) is 1.04. The molecule has 0 aromatic heterocycles. The SMILES string of the molecule is CN(C)C=NS(=O)(=O)c1cc(NC(=O)Cc2ccccc2Cl)ccc1Br.Cl.[H-].[K+]. The molecule has 2 aromatic carbocycles. The van der Waals surface area contributed by atoms with E-state index in [1.165, 1.54) is 17.3 Å². The molecule has 0 atom stereocenters. The number of hydrogen-bond donors (Lipinski definition) is 1. The molecule has 0 saturated carbocycles. The largest absolute Gasteiger partial charge is 1.00 e. The maximum atomic E-state index is 12.3. The summed E-state index contributed by atoms with van der Waals surface area (Å²) in [6, 6.07) is 11.5. The smallest absolute Gasteiger partial charge is 1.00 e. The summed E-state index contributed by atoms with van der Waals surface area (Å²) < 4.78 is 28.7. The van der Waals surface area contributed by atoms with E-state index >= 15 is 0 Å². The fraction of sp³-hybridized carbons (Fsp3) is 0.176. The Balaban J connectivity index is 0. The third-order valence-corrected chi connectivity index (χ3v) is 5.81. The number of amides is 1. The van der Waals surface area contributed by atoms with E-state index in [9.17, 15) is 13.2 Å². The van der Waals surface area contributed by atoms with Crippen LogP contribution in [0, 0.1) is 0 Å². The van der Waals surface area contributed by atoms with Crippen molar-refractivity contribution in [3.05, 3.63) is 57.5 Å². The van der Waals surface area contributed by atoms with E-state index in [0.29, 0.717) is 20.7 Å². The fourth-order valence-corrected chi connectivity index (χ4v) is 4.09. The Morgan fingerprint density at radius 1 is 1.29 bits per heavy atom. The summed E-state index contributed by atoms with van der Waals surface area (Å²) >= 11 is 9.26. The third-order valence-electron chi connectivity index (χ3n) is 3.22. The van der Waals surface area contributed by atoms with Gasteiger partial charge in [0, 0.05) is 29.3 Å². The predicted octanol–water partition coefficient (Wildman–Crippen LogP) is 1.10. The van der Waals surface area contributed by atoms with Gasteiger partial charge in [-0.05, 0) is 45.8 Å². The quantitative estimate of drug-likeness (QED) is 0.342. The van der Waals surface area contributed by atoms with Crippen LogP contribution in [0.4, 0.5) is 5.69 Å². The van der Waals surface area contributed by atoms with E-state index < -0.39 is 10.0 Å². The molecule has 2 aromatic rings. The van der Waals surface area contributed by atoms with Crippen LogP contribution in [0.5, 0.6) is 0 Å². The van der Waals surface area contributed by atoms with Crippen LogP contribution >= 0.6 is 39.9 Å². The van der Waals surface area contributed by atoms with Crippen molar-refractivity contribution in [2.45, 2.75) is 11.3 Å². The van der Waals surface area contributed by atoms with Crippen molar-refractivity contribution in [3.63, 3.8) is 0 Å². The maximum Gasteiger partial charge on any atom is 1.00 e. The molecule has 11 heteroatoms. The van der Waals surface area contributed by atoms with Crippen LogP contribution < -0.4 is 56.7 Å². The van der Waals surface area contributed by atoms with E-state index in [1.54, 1.807) is 50.5 Å². The first-order valence-electron chi connectivity index (χ1n) is 7.49. The van der Waals surface area contributed by atoms with Crippen molar-refractivity contribution in [2.75, 3.05) is 19.4 Å². The average Bonchev–Trinajstić information content (AvgIpc) is 2.57. The number of benzene rings is 2. The predicted molar refractivity (Wildman–Crippen MR) is 116 cm³/mol. The molecule has 1 amide bonds. The molecule has 28 heavy (non-hydrogen) atoms. The van der Waals surface area contributed by atoms with Gasteiger partial charge in [0.25, 0.3) is 10.0 Å². The molecule has 0 saturated heterocycles. The number of rotatable bonds is 6. The molecule has 0 aliphatic carbocycles.